The molecule has 4 heteroatoms. The third-order valence-corrected chi connectivity index (χ3v) is 8.24. The number of benzene rings is 6. The molecule has 0 radical (unpaired) electrons. The fourth-order valence-electron chi connectivity index (χ4n) is 6.24. The number of carbonyl (C=O) groups excluding carboxylic acids is 2. The highest BCUT2D eigenvalue weighted by molar-refractivity contribution is 6.23. The Labute approximate surface area is 248 Å². The Morgan fingerprint density at radius 3 is 0.953 bits per heavy atom. The molecule has 0 aliphatic carbocycles. The third kappa shape index (κ3) is 4.03. The van der Waals surface area contributed by atoms with E-state index in [0.29, 0.717) is 11.1 Å². The Balaban J connectivity index is 1.05. The van der Waals surface area contributed by atoms with Crippen LogP contribution in [0.15, 0.2) is 146 Å². The van der Waals surface area contributed by atoms with Gasteiger partial charge in [0.2, 0.25) is 0 Å². The molecule has 0 unspecified atom stereocenters. The monoisotopic (exact) mass is 553 g/mol. The lowest BCUT2D eigenvalue weighted by molar-refractivity contribution is 0.0956. The lowest BCUT2D eigenvalue weighted by Crippen LogP contribution is -2.10. The molecule has 43 heavy (non-hydrogen) atoms. The third-order valence-electron chi connectivity index (χ3n) is 8.24. The molecule has 6 aromatic carbocycles. The van der Waals surface area contributed by atoms with Crippen LogP contribution in [0.25, 0.3) is 55.0 Å². The fourth-order valence-corrected chi connectivity index (χ4v) is 6.24. The molecule has 0 amide bonds. The average molecular weight is 554 g/mol. The van der Waals surface area contributed by atoms with Crippen molar-refractivity contribution >= 4 is 55.2 Å². The van der Waals surface area contributed by atoms with Crippen LogP contribution in [0.2, 0.25) is 0 Å². The number of aromatic nitrogens is 2. The van der Waals surface area contributed by atoms with Crippen molar-refractivity contribution in [3.63, 3.8) is 0 Å². The van der Waals surface area contributed by atoms with E-state index in [2.05, 4.69) is 57.7 Å². The summed E-state index contributed by atoms with van der Waals surface area (Å²) in [6, 6.07) is 48.1. The molecule has 4 nitrogen and oxygen atoms in total. The highest BCUT2D eigenvalue weighted by atomic mass is 16.1. The van der Waals surface area contributed by atoms with Gasteiger partial charge in [0.25, 0.3) is 0 Å². The number of carbonyl (C=O) groups is 2. The summed E-state index contributed by atoms with van der Waals surface area (Å²) in [5.41, 5.74) is 7.28. The normalized spacial score (nSPS) is 11.4. The maximum atomic E-state index is 13.1. The van der Waals surface area contributed by atoms with Gasteiger partial charge in [0.05, 0.1) is 33.6 Å². The number of rotatable bonds is 6. The zero-order valence-corrected chi connectivity index (χ0v) is 23.1. The second-order valence-corrected chi connectivity index (χ2v) is 10.7. The molecule has 2 aromatic heterocycles. The van der Waals surface area contributed by atoms with Gasteiger partial charge in [0.15, 0.2) is 0 Å². The summed E-state index contributed by atoms with van der Waals surface area (Å²) < 4.78 is 4.40. The zero-order chi connectivity index (χ0) is 28.9. The van der Waals surface area contributed by atoms with Crippen molar-refractivity contribution in [3.8, 4) is 11.4 Å². The van der Waals surface area contributed by atoms with Crippen LogP contribution in [0.5, 0.6) is 0 Å². The summed E-state index contributed by atoms with van der Waals surface area (Å²) in [6.07, 6.45) is 1.19. The predicted molar refractivity (Wildman–Crippen MR) is 175 cm³/mol. The zero-order valence-electron chi connectivity index (χ0n) is 23.1. The van der Waals surface area contributed by atoms with E-state index in [0.717, 1.165) is 33.4 Å². The Morgan fingerprint density at radius 2 is 0.651 bits per heavy atom. The summed E-state index contributed by atoms with van der Waals surface area (Å²) in [7, 11) is 0. The molecule has 0 N–H and O–H groups in total. The second-order valence-electron chi connectivity index (χ2n) is 10.7. The fraction of sp³-hybridized carbons (Fsp3) is 0. The minimum absolute atomic E-state index is 0.315. The van der Waals surface area contributed by atoms with E-state index in [9.17, 15) is 9.59 Å². The van der Waals surface area contributed by atoms with E-state index in [-0.39, 0.29) is 11.6 Å². The highest BCUT2D eigenvalue weighted by Crippen LogP contribution is 2.33. The first-order valence-electron chi connectivity index (χ1n) is 14.3. The van der Waals surface area contributed by atoms with Gasteiger partial charge in [-0.15, -0.1) is 24.3 Å². The maximum Gasteiger partial charge on any atom is 0.0832 e. The van der Waals surface area contributed by atoms with Crippen molar-refractivity contribution in [2.75, 3.05) is 0 Å². The molecule has 0 spiro atoms. The van der Waals surface area contributed by atoms with Crippen LogP contribution in [0, 0.1) is 6.42 Å². The van der Waals surface area contributed by atoms with Gasteiger partial charge < -0.3 is 18.7 Å². The molecule has 2 heterocycles. The van der Waals surface area contributed by atoms with Gasteiger partial charge in [-0.2, -0.15) is 0 Å². The number of hydrogen-bond donors (Lipinski definition) is 0. The quantitative estimate of drug-likeness (QED) is 0.117. The summed E-state index contributed by atoms with van der Waals surface area (Å²) >= 11 is 0. The predicted octanol–water partition coefficient (Wildman–Crippen LogP) is 9.15. The van der Waals surface area contributed by atoms with Gasteiger partial charge in [-0.25, -0.2) is 0 Å². The van der Waals surface area contributed by atoms with Crippen molar-refractivity contribution in [2.24, 2.45) is 0 Å². The van der Waals surface area contributed by atoms with Crippen molar-refractivity contribution < 1.29 is 9.59 Å². The number of hydrogen-bond acceptors (Lipinski definition) is 2. The minimum atomic E-state index is -0.315. The number of nitrogens with zero attached hydrogens (tertiary/aromatic N) is 2. The SMILES string of the molecule is O=C([CH-]C(=O)c1ccc(-n2c3ccccc3c3ccccc32)cc1)c1ccc(-n2c3ccccc3c3ccccc32)cc1. The van der Waals surface area contributed by atoms with Crippen molar-refractivity contribution in [1.82, 2.24) is 9.13 Å². The summed E-state index contributed by atoms with van der Waals surface area (Å²) in [6.45, 7) is 0. The van der Waals surface area contributed by atoms with Crippen LogP contribution >= 0.6 is 0 Å². The molecular weight excluding hydrogens is 528 g/mol. The first-order chi connectivity index (χ1) is 21.2. The van der Waals surface area contributed by atoms with E-state index in [1.165, 1.54) is 28.0 Å². The van der Waals surface area contributed by atoms with Crippen LogP contribution in [-0.4, -0.2) is 20.7 Å². The Kier molecular flexibility index (Phi) is 5.73. The Morgan fingerprint density at radius 1 is 0.372 bits per heavy atom. The summed E-state index contributed by atoms with van der Waals surface area (Å²) in [5, 5.41) is 4.73. The van der Waals surface area contributed by atoms with Crippen LogP contribution < -0.4 is 0 Å². The standard InChI is InChI=1S/C39H25N2O2/c42-38(26-17-21-28(22-18-26)40-34-13-5-1-9-30(34)31-10-2-6-14-35(31)40)25-39(43)27-19-23-29(24-20-27)41-36-15-7-3-11-32(36)33-12-4-8-16-37(33)41/h1-25H/q-1. The summed E-state index contributed by atoms with van der Waals surface area (Å²) in [4.78, 5) is 26.2. The molecule has 0 aliphatic rings. The molecular formula is C39H25N2O2-. The molecule has 0 saturated carbocycles. The van der Waals surface area contributed by atoms with Crippen LogP contribution in [0.4, 0.5) is 0 Å². The largest absolute Gasteiger partial charge is 0.318 e. The molecule has 0 aliphatic heterocycles. The number of Topliss-reactive ketones (excluding diaryl/α,β-unsaturated/α-hetero) is 2. The van der Waals surface area contributed by atoms with E-state index >= 15 is 0 Å². The lowest BCUT2D eigenvalue weighted by atomic mass is 10.0. The van der Waals surface area contributed by atoms with E-state index in [1.54, 1.807) is 24.3 Å². The van der Waals surface area contributed by atoms with Gasteiger partial charge in [-0.3, -0.25) is 0 Å². The average Bonchev–Trinajstić information content (AvgIpc) is 3.58. The Bertz CT molecular complexity index is 2060. The van der Waals surface area contributed by atoms with Crippen molar-refractivity contribution in [2.45, 2.75) is 0 Å². The van der Waals surface area contributed by atoms with Gasteiger partial charge in [-0.1, -0.05) is 90.3 Å². The van der Waals surface area contributed by atoms with Gasteiger partial charge in [-0.05, 0) is 48.5 Å². The minimum Gasteiger partial charge on any atom is -0.318 e. The number of fused-ring (bicyclic) bond motifs is 6. The van der Waals surface area contributed by atoms with Crippen LogP contribution in [-0.2, 0) is 0 Å². The lowest BCUT2D eigenvalue weighted by Gasteiger charge is -2.13. The molecule has 8 rings (SSSR count). The first kappa shape index (κ1) is 24.9. The maximum absolute atomic E-state index is 13.1. The summed E-state index contributed by atoms with van der Waals surface area (Å²) in [5.74, 6) is -0.629. The molecule has 204 valence electrons. The van der Waals surface area contributed by atoms with Crippen LogP contribution in [0.3, 0.4) is 0 Å². The van der Waals surface area contributed by atoms with E-state index in [1.807, 2.05) is 72.8 Å². The van der Waals surface area contributed by atoms with Gasteiger partial charge >= 0.3 is 0 Å². The molecule has 0 saturated heterocycles. The van der Waals surface area contributed by atoms with Gasteiger partial charge in [0.1, 0.15) is 0 Å². The smallest absolute Gasteiger partial charge is 0.0832 e. The van der Waals surface area contributed by atoms with E-state index in [4.69, 9.17) is 0 Å². The second kappa shape index (κ2) is 9.89. The van der Waals surface area contributed by atoms with Crippen molar-refractivity contribution in [1.29, 1.82) is 0 Å². The van der Waals surface area contributed by atoms with E-state index < -0.39 is 0 Å². The first-order valence-corrected chi connectivity index (χ1v) is 14.3. The van der Waals surface area contributed by atoms with Gasteiger partial charge in [0, 0.05) is 32.9 Å². The van der Waals surface area contributed by atoms with Crippen molar-refractivity contribution in [3.05, 3.63) is 163 Å². The topological polar surface area (TPSA) is 44.0 Å². The molecule has 0 atom stereocenters. The number of ketones is 2. The molecule has 0 bridgehead atoms. The Hall–Kier alpha value is -5.87. The van der Waals surface area contributed by atoms with Crippen LogP contribution in [0.1, 0.15) is 20.7 Å². The number of para-hydroxylation sites is 4. The molecule has 8 aromatic rings. The molecule has 0 fully saturated rings. The highest BCUT2D eigenvalue weighted by Gasteiger charge is 2.13.